The van der Waals surface area contributed by atoms with Gasteiger partial charge in [0.05, 0.1) is 17.1 Å². The van der Waals surface area contributed by atoms with Gasteiger partial charge in [-0.15, -0.1) is 0 Å². The Morgan fingerprint density at radius 2 is 2.19 bits per heavy atom. The summed E-state index contributed by atoms with van der Waals surface area (Å²) in [6.07, 6.45) is 5.01. The zero-order chi connectivity index (χ0) is 19.3. The summed E-state index contributed by atoms with van der Waals surface area (Å²) in [6, 6.07) is 7.73. The molecule has 5 N–H and O–H groups in total. The Morgan fingerprint density at radius 1 is 1.37 bits per heavy atom. The number of amides is 1. The standard InChI is InChI=1S/C20H30N6O/c1-3-4-11-20(2,13-23-18(27)16-10-7-12-22-16)26-17-14-8-5-6-9-15(14)24-19(21)25-17/h5-6,8-9,16,22H,3-4,7,10-13H2,1-2H3,(H,23,27)(H3,21,24,25,26)/t16-,20-/m0/s1. The molecule has 146 valence electrons. The molecule has 7 heteroatoms. The highest BCUT2D eigenvalue weighted by atomic mass is 16.2. The molecule has 27 heavy (non-hydrogen) atoms. The Bertz CT molecular complexity index is 789. The number of para-hydroxylation sites is 1. The van der Waals surface area contributed by atoms with Gasteiger partial charge in [0.15, 0.2) is 0 Å². The molecule has 7 nitrogen and oxygen atoms in total. The molecule has 0 saturated carbocycles. The summed E-state index contributed by atoms with van der Waals surface area (Å²) >= 11 is 0. The summed E-state index contributed by atoms with van der Waals surface area (Å²) < 4.78 is 0. The molecular weight excluding hydrogens is 340 g/mol. The van der Waals surface area contributed by atoms with Gasteiger partial charge >= 0.3 is 0 Å². The number of nitrogen functional groups attached to an aromatic ring is 1. The molecule has 3 rings (SSSR count). The predicted molar refractivity (Wildman–Crippen MR) is 110 cm³/mol. The summed E-state index contributed by atoms with van der Waals surface area (Å²) in [5, 5.41) is 10.8. The van der Waals surface area contributed by atoms with Crippen LogP contribution in [-0.2, 0) is 4.79 Å². The number of rotatable bonds is 8. The molecule has 2 aromatic rings. The van der Waals surface area contributed by atoms with Gasteiger partial charge in [-0.05, 0) is 44.9 Å². The molecule has 0 bridgehead atoms. The molecule has 1 aromatic carbocycles. The van der Waals surface area contributed by atoms with Crippen molar-refractivity contribution in [3.05, 3.63) is 24.3 Å². The van der Waals surface area contributed by atoms with Gasteiger partial charge in [0.2, 0.25) is 11.9 Å². The number of unbranched alkanes of at least 4 members (excludes halogenated alkanes) is 1. The number of hydrogen-bond acceptors (Lipinski definition) is 6. The quantitative estimate of drug-likeness (QED) is 0.569. The van der Waals surface area contributed by atoms with E-state index in [9.17, 15) is 4.79 Å². The van der Waals surface area contributed by atoms with Crippen LogP contribution in [0.2, 0.25) is 0 Å². The van der Waals surface area contributed by atoms with Crippen LogP contribution in [0.25, 0.3) is 10.9 Å². The van der Waals surface area contributed by atoms with E-state index in [0.717, 1.165) is 49.6 Å². The van der Waals surface area contributed by atoms with Crippen molar-refractivity contribution in [1.29, 1.82) is 0 Å². The lowest BCUT2D eigenvalue weighted by molar-refractivity contribution is -0.123. The number of nitrogens with zero attached hydrogens (tertiary/aromatic N) is 2. The van der Waals surface area contributed by atoms with E-state index in [1.54, 1.807) is 0 Å². The van der Waals surface area contributed by atoms with E-state index < -0.39 is 0 Å². The second-order valence-corrected chi connectivity index (χ2v) is 7.60. The Labute approximate surface area is 160 Å². The van der Waals surface area contributed by atoms with Gasteiger partial charge in [0, 0.05) is 11.9 Å². The van der Waals surface area contributed by atoms with E-state index in [1.807, 2.05) is 24.3 Å². The van der Waals surface area contributed by atoms with Crippen LogP contribution in [0.3, 0.4) is 0 Å². The van der Waals surface area contributed by atoms with Crippen LogP contribution >= 0.6 is 0 Å². The first-order valence-corrected chi connectivity index (χ1v) is 9.82. The van der Waals surface area contributed by atoms with Gasteiger partial charge in [-0.1, -0.05) is 31.9 Å². The number of carbonyl (C=O) groups excluding carboxylic acids is 1. The first kappa shape index (κ1) is 19.4. The average Bonchev–Trinajstić information content (AvgIpc) is 3.19. The number of nitrogens with one attached hydrogen (secondary N) is 3. The van der Waals surface area contributed by atoms with E-state index in [1.165, 1.54) is 0 Å². The number of nitrogens with two attached hydrogens (primary N) is 1. The second kappa shape index (κ2) is 8.52. The number of fused-ring (bicyclic) bond motifs is 1. The second-order valence-electron chi connectivity index (χ2n) is 7.60. The smallest absolute Gasteiger partial charge is 0.237 e. The summed E-state index contributed by atoms with van der Waals surface area (Å²) in [7, 11) is 0. The van der Waals surface area contributed by atoms with Gasteiger partial charge in [0.25, 0.3) is 0 Å². The number of hydrogen-bond donors (Lipinski definition) is 4. The van der Waals surface area contributed by atoms with E-state index in [-0.39, 0.29) is 23.4 Å². The van der Waals surface area contributed by atoms with E-state index in [4.69, 9.17) is 5.73 Å². The van der Waals surface area contributed by atoms with Crippen molar-refractivity contribution < 1.29 is 4.79 Å². The average molecular weight is 371 g/mol. The van der Waals surface area contributed by atoms with Gasteiger partial charge < -0.3 is 21.7 Å². The fourth-order valence-corrected chi connectivity index (χ4v) is 3.55. The summed E-state index contributed by atoms with van der Waals surface area (Å²) in [4.78, 5) is 21.2. The molecule has 1 aromatic heterocycles. The molecule has 0 radical (unpaired) electrons. The molecule has 1 aliphatic heterocycles. The molecule has 1 aliphatic rings. The molecule has 1 saturated heterocycles. The first-order chi connectivity index (χ1) is 13.0. The number of anilines is 2. The molecule has 0 spiro atoms. The van der Waals surface area contributed by atoms with Crippen LogP contribution in [0.5, 0.6) is 0 Å². The Balaban J connectivity index is 1.78. The summed E-state index contributed by atoms with van der Waals surface area (Å²) in [6.45, 7) is 5.73. The van der Waals surface area contributed by atoms with Crippen LogP contribution in [0.4, 0.5) is 11.8 Å². The Hall–Kier alpha value is -2.41. The molecule has 2 atom stereocenters. The van der Waals surface area contributed by atoms with Crippen LogP contribution < -0.4 is 21.7 Å². The van der Waals surface area contributed by atoms with Gasteiger partial charge in [-0.3, -0.25) is 4.79 Å². The predicted octanol–water partition coefficient (Wildman–Crippen LogP) is 2.44. The number of benzene rings is 1. The third kappa shape index (κ3) is 4.86. The molecule has 1 amide bonds. The van der Waals surface area contributed by atoms with Gasteiger partial charge in [0.1, 0.15) is 5.82 Å². The van der Waals surface area contributed by atoms with E-state index >= 15 is 0 Å². The third-order valence-corrected chi connectivity index (χ3v) is 5.15. The minimum absolute atomic E-state index is 0.0732. The Morgan fingerprint density at radius 3 is 2.93 bits per heavy atom. The minimum atomic E-state index is -0.326. The molecule has 0 aliphatic carbocycles. The van der Waals surface area contributed by atoms with E-state index in [0.29, 0.717) is 12.4 Å². The normalized spacial score (nSPS) is 19.0. The number of carbonyl (C=O) groups is 1. The van der Waals surface area contributed by atoms with E-state index in [2.05, 4.69) is 39.8 Å². The third-order valence-electron chi connectivity index (χ3n) is 5.15. The first-order valence-electron chi connectivity index (χ1n) is 9.82. The fraction of sp³-hybridized carbons (Fsp3) is 0.550. The SMILES string of the molecule is CCCC[C@@](C)(CNC(=O)[C@@H]1CCCN1)Nc1nc(N)nc2ccccc12. The number of aromatic nitrogens is 2. The van der Waals surface area contributed by atoms with Crippen LogP contribution in [0.15, 0.2) is 24.3 Å². The van der Waals surface area contributed by atoms with Crippen molar-refractivity contribution in [2.75, 3.05) is 24.1 Å². The lowest BCUT2D eigenvalue weighted by atomic mass is 9.94. The monoisotopic (exact) mass is 370 g/mol. The summed E-state index contributed by atoms with van der Waals surface area (Å²) in [5.74, 6) is 1.03. The maximum Gasteiger partial charge on any atom is 0.237 e. The van der Waals surface area contributed by atoms with Crippen molar-refractivity contribution >= 4 is 28.6 Å². The topological polar surface area (TPSA) is 105 Å². The fourth-order valence-electron chi connectivity index (χ4n) is 3.55. The Kier molecular flexibility index (Phi) is 6.11. The molecule has 0 unspecified atom stereocenters. The zero-order valence-electron chi connectivity index (χ0n) is 16.2. The summed E-state index contributed by atoms with van der Waals surface area (Å²) in [5.41, 5.74) is 6.39. The minimum Gasteiger partial charge on any atom is -0.368 e. The molecule has 1 fully saturated rings. The zero-order valence-corrected chi connectivity index (χ0v) is 16.2. The largest absolute Gasteiger partial charge is 0.368 e. The van der Waals surface area contributed by atoms with Crippen molar-refractivity contribution in [2.45, 2.75) is 57.5 Å². The highest BCUT2D eigenvalue weighted by Gasteiger charge is 2.28. The maximum absolute atomic E-state index is 12.4. The maximum atomic E-state index is 12.4. The van der Waals surface area contributed by atoms with Crippen LogP contribution in [0, 0.1) is 0 Å². The lowest BCUT2D eigenvalue weighted by Crippen LogP contribution is -2.50. The van der Waals surface area contributed by atoms with Crippen LogP contribution in [-0.4, -0.2) is 40.5 Å². The highest BCUT2D eigenvalue weighted by molar-refractivity contribution is 5.90. The van der Waals surface area contributed by atoms with Crippen molar-refractivity contribution in [2.24, 2.45) is 0 Å². The highest BCUT2D eigenvalue weighted by Crippen LogP contribution is 2.26. The molecule has 2 heterocycles. The van der Waals surface area contributed by atoms with Crippen molar-refractivity contribution in [1.82, 2.24) is 20.6 Å². The molecular formula is C20H30N6O. The van der Waals surface area contributed by atoms with Crippen molar-refractivity contribution in [3.8, 4) is 0 Å². The lowest BCUT2D eigenvalue weighted by Gasteiger charge is -2.32. The van der Waals surface area contributed by atoms with Crippen molar-refractivity contribution in [3.63, 3.8) is 0 Å². The van der Waals surface area contributed by atoms with Crippen LogP contribution in [0.1, 0.15) is 46.0 Å². The van der Waals surface area contributed by atoms with Gasteiger partial charge in [-0.2, -0.15) is 4.98 Å². The van der Waals surface area contributed by atoms with Gasteiger partial charge in [-0.25, -0.2) is 4.98 Å².